The van der Waals surface area contributed by atoms with Gasteiger partial charge in [0.15, 0.2) is 0 Å². The Morgan fingerprint density at radius 3 is 2.71 bits per heavy atom. The molecule has 1 saturated carbocycles. The number of nitriles is 1. The van der Waals surface area contributed by atoms with Crippen LogP contribution in [0.5, 0.6) is 0 Å². The van der Waals surface area contributed by atoms with Gasteiger partial charge in [-0.05, 0) is 43.9 Å². The average Bonchev–Trinajstić information content (AvgIpc) is 2.38. The molecule has 0 N–H and O–H groups in total. The van der Waals surface area contributed by atoms with Gasteiger partial charge in [-0.2, -0.15) is 5.26 Å². The van der Waals surface area contributed by atoms with Crippen LogP contribution in [0, 0.1) is 29.1 Å². The molecule has 1 saturated heterocycles. The Labute approximate surface area is 104 Å². The molecule has 2 rings (SSSR count). The standard InChI is InChI=1S/C14H23NO2/c1-11-2-3-13(9-15)14(8-11)17-10-12-4-6-16-7-5-12/h11-14H,2-8,10H2,1H3. The molecule has 0 aromatic heterocycles. The highest BCUT2D eigenvalue weighted by Crippen LogP contribution is 2.31. The van der Waals surface area contributed by atoms with Crippen molar-refractivity contribution in [2.45, 2.75) is 45.1 Å². The lowest BCUT2D eigenvalue weighted by atomic mass is 9.81. The summed E-state index contributed by atoms with van der Waals surface area (Å²) in [6.45, 7) is 4.82. The molecular formula is C14H23NO2. The smallest absolute Gasteiger partial charge is 0.0735 e. The van der Waals surface area contributed by atoms with Crippen molar-refractivity contribution in [2.24, 2.45) is 17.8 Å². The van der Waals surface area contributed by atoms with Crippen LogP contribution < -0.4 is 0 Å². The van der Waals surface area contributed by atoms with Gasteiger partial charge in [0.2, 0.25) is 0 Å². The monoisotopic (exact) mass is 237 g/mol. The molecule has 96 valence electrons. The number of rotatable bonds is 3. The van der Waals surface area contributed by atoms with E-state index in [2.05, 4.69) is 13.0 Å². The SMILES string of the molecule is CC1CCC(C#N)C(OCC2CCOCC2)C1. The van der Waals surface area contributed by atoms with Crippen LogP contribution in [0.3, 0.4) is 0 Å². The molecule has 0 aromatic carbocycles. The van der Waals surface area contributed by atoms with Gasteiger partial charge in [-0.1, -0.05) is 6.92 Å². The molecule has 0 spiro atoms. The third kappa shape index (κ3) is 3.69. The lowest BCUT2D eigenvalue weighted by Gasteiger charge is -2.32. The summed E-state index contributed by atoms with van der Waals surface area (Å²) in [5.41, 5.74) is 0. The normalized spacial score (nSPS) is 35.4. The number of nitrogens with zero attached hydrogens (tertiary/aromatic N) is 1. The van der Waals surface area contributed by atoms with E-state index in [1.165, 1.54) is 6.42 Å². The van der Waals surface area contributed by atoms with Crippen molar-refractivity contribution < 1.29 is 9.47 Å². The fourth-order valence-electron chi connectivity index (χ4n) is 2.83. The van der Waals surface area contributed by atoms with Crippen molar-refractivity contribution in [2.75, 3.05) is 19.8 Å². The van der Waals surface area contributed by atoms with Crippen molar-refractivity contribution in [3.05, 3.63) is 0 Å². The zero-order chi connectivity index (χ0) is 12.1. The predicted octanol–water partition coefficient (Wildman–Crippen LogP) is 2.76. The first-order chi connectivity index (χ1) is 8.29. The van der Waals surface area contributed by atoms with Crippen LogP contribution >= 0.6 is 0 Å². The summed E-state index contributed by atoms with van der Waals surface area (Å²) in [4.78, 5) is 0. The molecule has 2 aliphatic rings. The van der Waals surface area contributed by atoms with E-state index >= 15 is 0 Å². The summed E-state index contributed by atoms with van der Waals surface area (Å²) in [6.07, 6.45) is 5.64. The van der Waals surface area contributed by atoms with E-state index in [-0.39, 0.29) is 12.0 Å². The molecule has 0 aromatic rings. The molecule has 1 aliphatic heterocycles. The Hall–Kier alpha value is -0.590. The minimum absolute atomic E-state index is 0.117. The molecular weight excluding hydrogens is 214 g/mol. The maximum atomic E-state index is 9.13. The van der Waals surface area contributed by atoms with Gasteiger partial charge in [-0.25, -0.2) is 0 Å². The highest BCUT2D eigenvalue weighted by atomic mass is 16.5. The van der Waals surface area contributed by atoms with Gasteiger partial charge in [0.1, 0.15) is 0 Å². The largest absolute Gasteiger partial charge is 0.381 e. The molecule has 1 aliphatic carbocycles. The Balaban J connectivity index is 1.77. The van der Waals surface area contributed by atoms with Gasteiger partial charge < -0.3 is 9.47 Å². The van der Waals surface area contributed by atoms with Gasteiger partial charge >= 0.3 is 0 Å². The van der Waals surface area contributed by atoms with Crippen molar-refractivity contribution in [1.82, 2.24) is 0 Å². The maximum absolute atomic E-state index is 9.13. The highest BCUT2D eigenvalue weighted by Gasteiger charge is 2.30. The molecule has 1 heterocycles. The Morgan fingerprint density at radius 1 is 1.24 bits per heavy atom. The highest BCUT2D eigenvalue weighted by molar-refractivity contribution is 4.93. The average molecular weight is 237 g/mol. The summed E-state index contributed by atoms with van der Waals surface area (Å²) in [6, 6.07) is 2.41. The van der Waals surface area contributed by atoms with Crippen LogP contribution in [0.25, 0.3) is 0 Å². The molecule has 0 radical (unpaired) electrons. The number of hydrogen-bond donors (Lipinski definition) is 0. The Kier molecular flexibility index (Phi) is 4.82. The van der Waals surface area contributed by atoms with Crippen LogP contribution in [0.15, 0.2) is 0 Å². The summed E-state index contributed by atoms with van der Waals surface area (Å²) in [7, 11) is 0. The predicted molar refractivity (Wildman–Crippen MR) is 65.4 cm³/mol. The number of hydrogen-bond acceptors (Lipinski definition) is 3. The zero-order valence-corrected chi connectivity index (χ0v) is 10.7. The summed E-state index contributed by atoms with van der Waals surface area (Å²) < 4.78 is 11.4. The lowest BCUT2D eigenvalue weighted by Crippen LogP contribution is -2.32. The van der Waals surface area contributed by atoms with Gasteiger partial charge in [-0.3, -0.25) is 0 Å². The quantitative estimate of drug-likeness (QED) is 0.758. The van der Waals surface area contributed by atoms with Gasteiger partial charge in [0.05, 0.1) is 18.1 Å². The molecule has 3 heteroatoms. The van der Waals surface area contributed by atoms with Crippen molar-refractivity contribution in [1.29, 1.82) is 5.26 Å². The fourth-order valence-corrected chi connectivity index (χ4v) is 2.83. The first-order valence-corrected chi connectivity index (χ1v) is 6.88. The molecule has 3 unspecified atom stereocenters. The van der Waals surface area contributed by atoms with Crippen LogP contribution in [0.1, 0.15) is 39.0 Å². The van der Waals surface area contributed by atoms with Crippen LogP contribution in [0.2, 0.25) is 0 Å². The topological polar surface area (TPSA) is 42.2 Å². The van der Waals surface area contributed by atoms with Crippen molar-refractivity contribution in [3.63, 3.8) is 0 Å². The van der Waals surface area contributed by atoms with E-state index in [1.807, 2.05) is 0 Å². The third-order valence-electron chi connectivity index (χ3n) is 4.11. The minimum Gasteiger partial charge on any atom is -0.381 e. The Morgan fingerprint density at radius 2 is 2.00 bits per heavy atom. The second-order valence-electron chi connectivity index (χ2n) is 5.58. The molecule has 17 heavy (non-hydrogen) atoms. The molecule has 2 fully saturated rings. The maximum Gasteiger partial charge on any atom is 0.0735 e. The van der Waals surface area contributed by atoms with Gasteiger partial charge in [0.25, 0.3) is 0 Å². The summed E-state index contributed by atoms with van der Waals surface area (Å²) in [5, 5.41) is 9.13. The molecule has 0 bridgehead atoms. The first kappa shape index (κ1) is 12.9. The summed E-state index contributed by atoms with van der Waals surface area (Å²) in [5.74, 6) is 1.46. The second kappa shape index (κ2) is 6.37. The van der Waals surface area contributed by atoms with E-state index in [4.69, 9.17) is 14.7 Å². The van der Waals surface area contributed by atoms with E-state index in [9.17, 15) is 0 Å². The molecule has 3 nitrogen and oxygen atoms in total. The van der Waals surface area contributed by atoms with Crippen molar-refractivity contribution >= 4 is 0 Å². The molecule has 3 atom stereocenters. The van der Waals surface area contributed by atoms with Crippen molar-refractivity contribution in [3.8, 4) is 6.07 Å². The fraction of sp³-hybridized carbons (Fsp3) is 0.929. The summed E-state index contributed by atoms with van der Waals surface area (Å²) >= 11 is 0. The van der Waals surface area contributed by atoms with Gasteiger partial charge in [-0.15, -0.1) is 0 Å². The van der Waals surface area contributed by atoms with Crippen LogP contribution in [0.4, 0.5) is 0 Å². The van der Waals surface area contributed by atoms with E-state index in [1.54, 1.807) is 0 Å². The lowest BCUT2D eigenvalue weighted by molar-refractivity contribution is -0.0439. The van der Waals surface area contributed by atoms with Crippen LogP contribution in [-0.2, 0) is 9.47 Å². The zero-order valence-electron chi connectivity index (χ0n) is 10.7. The van der Waals surface area contributed by atoms with E-state index in [0.717, 1.165) is 45.5 Å². The van der Waals surface area contributed by atoms with Crippen LogP contribution in [-0.4, -0.2) is 25.9 Å². The first-order valence-electron chi connectivity index (χ1n) is 6.88. The number of ether oxygens (including phenoxy) is 2. The second-order valence-corrected chi connectivity index (χ2v) is 5.58. The molecule has 0 amide bonds. The third-order valence-corrected chi connectivity index (χ3v) is 4.11. The minimum atomic E-state index is 0.117. The van der Waals surface area contributed by atoms with E-state index in [0.29, 0.717) is 11.8 Å². The Bertz CT molecular complexity index is 268. The van der Waals surface area contributed by atoms with Gasteiger partial charge in [0, 0.05) is 19.8 Å². The van der Waals surface area contributed by atoms with E-state index < -0.39 is 0 Å².